The summed E-state index contributed by atoms with van der Waals surface area (Å²) in [6, 6.07) is 0.265. The Labute approximate surface area is 143 Å². The van der Waals surface area contributed by atoms with Crippen LogP contribution in [0.1, 0.15) is 61.6 Å². The van der Waals surface area contributed by atoms with Gasteiger partial charge >= 0.3 is 0 Å². The van der Waals surface area contributed by atoms with Crippen molar-refractivity contribution in [3.63, 3.8) is 0 Å². The molecule has 2 heterocycles. The number of hydrogen-bond acceptors (Lipinski definition) is 4. The van der Waals surface area contributed by atoms with E-state index in [-0.39, 0.29) is 17.9 Å². The lowest BCUT2D eigenvalue weighted by Crippen LogP contribution is -2.37. The Hall–Kier alpha value is -1.98. The number of nitrogens with zero attached hydrogens (tertiary/aromatic N) is 3. The molecule has 2 fully saturated rings. The van der Waals surface area contributed by atoms with Crippen LogP contribution < -0.4 is 5.32 Å². The van der Waals surface area contributed by atoms with E-state index in [2.05, 4.69) is 15.3 Å². The van der Waals surface area contributed by atoms with Crippen molar-refractivity contribution in [3.8, 4) is 0 Å². The fourth-order valence-corrected chi connectivity index (χ4v) is 3.77. The molecular weight excluding hydrogens is 304 g/mol. The van der Waals surface area contributed by atoms with Gasteiger partial charge in [0.1, 0.15) is 5.69 Å². The third-order valence-corrected chi connectivity index (χ3v) is 5.14. The van der Waals surface area contributed by atoms with E-state index in [1.807, 2.05) is 4.90 Å². The van der Waals surface area contributed by atoms with Gasteiger partial charge in [-0.25, -0.2) is 4.98 Å². The molecule has 3 rings (SSSR count). The summed E-state index contributed by atoms with van der Waals surface area (Å²) < 4.78 is 0. The molecule has 6 heteroatoms. The van der Waals surface area contributed by atoms with Crippen LogP contribution in [0.15, 0.2) is 12.4 Å². The summed E-state index contributed by atoms with van der Waals surface area (Å²) in [6.45, 7) is 3.15. The first-order chi connectivity index (χ1) is 11.6. The highest BCUT2D eigenvalue weighted by Crippen LogP contribution is 2.22. The first-order valence-electron chi connectivity index (χ1n) is 8.99. The minimum atomic E-state index is -0.105. The van der Waals surface area contributed by atoms with Gasteiger partial charge in [-0.05, 0) is 31.6 Å². The molecule has 0 spiro atoms. The summed E-state index contributed by atoms with van der Waals surface area (Å²) >= 11 is 0. The maximum atomic E-state index is 12.6. The Morgan fingerprint density at radius 1 is 1.17 bits per heavy atom. The Bertz CT molecular complexity index is 598. The molecule has 0 radical (unpaired) electrons. The third kappa shape index (κ3) is 4.10. The van der Waals surface area contributed by atoms with Gasteiger partial charge in [0.05, 0.1) is 5.69 Å². The monoisotopic (exact) mass is 330 g/mol. The number of nitrogens with one attached hydrogen (secondary N) is 1. The molecule has 1 saturated carbocycles. The summed E-state index contributed by atoms with van der Waals surface area (Å²) in [7, 11) is 0. The molecular formula is C18H26N4O2. The summed E-state index contributed by atoms with van der Waals surface area (Å²) in [5.74, 6) is 0.366. The lowest BCUT2D eigenvalue weighted by Gasteiger charge is -2.23. The van der Waals surface area contributed by atoms with Gasteiger partial charge in [-0.2, -0.15) is 0 Å². The van der Waals surface area contributed by atoms with Crippen LogP contribution in [-0.2, 0) is 11.2 Å². The highest BCUT2D eigenvalue weighted by atomic mass is 16.2. The molecule has 1 aromatic rings. The molecule has 1 aliphatic carbocycles. The predicted octanol–water partition coefficient (Wildman–Crippen LogP) is 1.95. The van der Waals surface area contributed by atoms with Gasteiger partial charge in [0.15, 0.2) is 0 Å². The number of carbonyl (C=O) groups is 2. The maximum absolute atomic E-state index is 12.6. The standard InChI is InChI=1S/C18H26N4O2/c1-13(23)22-10-7-14(12-22)11-16-17(20-9-8-19-16)18(24)21-15-5-3-2-4-6-15/h8-9,14-15H,2-7,10-12H2,1H3,(H,21,24)/t14-/m1/s1. The number of amides is 2. The molecule has 0 aromatic carbocycles. The topological polar surface area (TPSA) is 75.2 Å². The first-order valence-corrected chi connectivity index (χ1v) is 8.99. The maximum Gasteiger partial charge on any atom is 0.271 e. The van der Waals surface area contributed by atoms with E-state index in [1.165, 1.54) is 19.3 Å². The van der Waals surface area contributed by atoms with E-state index in [4.69, 9.17) is 0 Å². The third-order valence-electron chi connectivity index (χ3n) is 5.14. The van der Waals surface area contributed by atoms with Crippen LogP contribution in [0.3, 0.4) is 0 Å². The summed E-state index contributed by atoms with van der Waals surface area (Å²) in [4.78, 5) is 34.6. The lowest BCUT2D eigenvalue weighted by molar-refractivity contribution is -0.127. The molecule has 1 N–H and O–H groups in total. The van der Waals surface area contributed by atoms with Gasteiger partial charge in [-0.1, -0.05) is 19.3 Å². The van der Waals surface area contributed by atoms with Gasteiger partial charge < -0.3 is 10.2 Å². The zero-order chi connectivity index (χ0) is 16.9. The van der Waals surface area contributed by atoms with Gasteiger partial charge in [-0.3, -0.25) is 14.6 Å². The highest BCUT2D eigenvalue weighted by Gasteiger charge is 2.27. The molecule has 1 aliphatic heterocycles. The van der Waals surface area contributed by atoms with E-state index in [1.54, 1.807) is 19.3 Å². The first kappa shape index (κ1) is 16.9. The molecule has 1 saturated heterocycles. The minimum absolute atomic E-state index is 0.105. The van der Waals surface area contributed by atoms with Gasteiger partial charge in [-0.15, -0.1) is 0 Å². The van der Waals surface area contributed by atoms with Gasteiger partial charge in [0.25, 0.3) is 5.91 Å². The average molecular weight is 330 g/mol. The molecule has 1 aromatic heterocycles. The molecule has 0 bridgehead atoms. The Balaban J connectivity index is 1.64. The van der Waals surface area contributed by atoms with Crippen molar-refractivity contribution in [2.24, 2.45) is 5.92 Å². The van der Waals surface area contributed by atoms with E-state index >= 15 is 0 Å². The van der Waals surface area contributed by atoms with Crippen molar-refractivity contribution in [2.45, 2.75) is 57.9 Å². The summed E-state index contributed by atoms with van der Waals surface area (Å²) in [5.41, 5.74) is 1.20. The molecule has 1 atom stereocenters. The zero-order valence-corrected chi connectivity index (χ0v) is 14.3. The lowest BCUT2D eigenvalue weighted by atomic mass is 9.95. The number of aromatic nitrogens is 2. The van der Waals surface area contributed by atoms with Crippen LogP contribution in [0.4, 0.5) is 0 Å². The Morgan fingerprint density at radius 3 is 2.62 bits per heavy atom. The number of hydrogen-bond donors (Lipinski definition) is 1. The van der Waals surface area contributed by atoms with Gasteiger partial charge in [0, 0.05) is 38.4 Å². The highest BCUT2D eigenvalue weighted by molar-refractivity contribution is 5.93. The van der Waals surface area contributed by atoms with Crippen molar-refractivity contribution in [1.29, 1.82) is 0 Å². The fraction of sp³-hybridized carbons (Fsp3) is 0.667. The van der Waals surface area contributed by atoms with Crippen molar-refractivity contribution < 1.29 is 9.59 Å². The smallest absolute Gasteiger partial charge is 0.271 e. The van der Waals surface area contributed by atoms with E-state index in [0.717, 1.165) is 38.0 Å². The number of carbonyl (C=O) groups excluding carboxylic acids is 2. The van der Waals surface area contributed by atoms with Crippen LogP contribution in [0, 0.1) is 5.92 Å². The van der Waals surface area contributed by atoms with Crippen molar-refractivity contribution in [2.75, 3.05) is 13.1 Å². The van der Waals surface area contributed by atoms with Crippen LogP contribution in [0.25, 0.3) is 0 Å². The number of likely N-dealkylation sites (tertiary alicyclic amines) is 1. The van der Waals surface area contributed by atoms with E-state index in [9.17, 15) is 9.59 Å². The number of rotatable bonds is 4. The zero-order valence-electron chi connectivity index (χ0n) is 14.3. The van der Waals surface area contributed by atoms with Crippen LogP contribution >= 0.6 is 0 Å². The van der Waals surface area contributed by atoms with Crippen molar-refractivity contribution >= 4 is 11.8 Å². The van der Waals surface area contributed by atoms with Crippen molar-refractivity contribution in [3.05, 3.63) is 23.8 Å². The molecule has 130 valence electrons. The fourth-order valence-electron chi connectivity index (χ4n) is 3.77. The molecule has 2 aliphatic rings. The summed E-state index contributed by atoms with van der Waals surface area (Å²) in [5, 5.41) is 3.12. The Kier molecular flexibility index (Phi) is 5.43. The van der Waals surface area contributed by atoms with Crippen LogP contribution in [-0.4, -0.2) is 45.8 Å². The van der Waals surface area contributed by atoms with Gasteiger partial charge in [0.2, 0.25) is 5.91 Å². The van der Waals surface area contributed by atoms with E-state index < -0.39 is 0 Å². The molecule has 2 amide bonds. The Morgan fingerprint density at radius 2 is 1.92 bits per heavy atom. The normalized spacial score (nSPS) is 21.7. The van der Waals surface area contributed by atoms with E-state index in [0.29, 0.717) is 18.0 Å². The molecule has 24 heavy (non-hydrogen) atoms. The average Bonchev–Trinajstić information content (AvgIpc) is 3.05. The summed E-state index contributed by atoms with van der Waals surface area (Å²) in [6.07, 6.45) is 10.6. The second kappa shape index (κ2) is 7.73. The molecule has 0 unspecified atom stereocenters. The quantitative estimate of drug-likeness (QED) is 0.915. The van der Waals surface area contributed by atoms with Crippen LogP contribution in [0.5, 0.6) is 0 Å². The molecule has 6 nitrogen and oxygen atoms in total. The predicted molar refractivity (Wildman–Crippen MR) is 90.4 cm³/mol. The largest absolute Gasteiger partial charge is 0.348 e. The minimum Gasteiger partial charge on any atom is -0.348 e. The second-order valence-corrected chi connectivity index (χ2v) is 6.98. The van der Waals surface area contributed by atoms with Crippen LogP contribution in [0.2, 0.25) is 0 Å². The second-order valence-electron chi connectivity index (χ2n) is 6.98. The SMILES string of the molecule is CC(=O)N1CC[C@H](Cc2nccnc2C(=O)NC2CCCCC2)C1. The van der Waals surface area contributed by atoms with Crippen molar-refractivity contribution in [1.82, 2.24) is 20.2 Å².